The van der Waals surface area contributed by atoms with Crippen LogP contribution in [0.4, 0.5) is 0 Å². The van der Waals surface area contributed by atoms with Crippen LogP contribution in [0.1, 0.15) is 19.3 Å². The molecule has 2 N–H and O–H groups in total. The van der Waals surface area contributed by atoms with E-state index >= 15 is 0 Å². The fraction of sp³-hybridized carbons (Fsp3) is 0.818. The average Bonchev–Trinajstić information content (AvgIpc) is 2.34. The van der Waals surface area contributed by atoms with E-state index < -0.39 is 5.97 Å². The van der Waals surface area contributed by atoms with E-state index in [2.05, 4.69) is 10.2 Å². The van der Waals surface area contributed by atoms with E-state index in [1.54, 1.807) is 7.05 Å². The van der Waals surface area contributed by atoms with Gasteiger partial charge in [0.05, 0.1) is 13.2 Å². The lowest BCUT2D eigenvalue weighted by Gasteiger charge is -2.34. The van der Waals surface area contributed by atoms with Crippen LogP contribution in [-0.2, 0) is 14.3 Å². The van der Waals surface area contributed by atoms with E-state index in [1.165, 1.54) is 0 Å². The molecule has 1 unspecified atom stereocenters. The molecule has 1 aliphatic rings. The third-order valence-electron chi connectivity index (χ3n) is 2.87. The van der Waals surface area contributed by atoms with Crippen LogP contribution in [0.3, 0.4) is 0 Å². The number of nitrogens with zero attached hydrogens (tertiary/aromatic N) is 1. The summed E-state index contributed by atoms with van der Waals surface area (Å²) in [5.74, 6) is -0.808. The molecule has 0 aromatic rings. The SMILES string of the molecule is CNC(=O)C1COCCN1CCCCC(=O)O. The molecule has 6 nitrogen and oxygen atoms in total. The smallest absolute Gasteiger partial charge is 0.303 e. The van der Waals surface area contributed by atoms with Crippen LogP contribution in [0, 0.1) is 0 Å². The molecular weight excluding hydrogens is 224 g/mol. The molecule has 1 fully saturated rings. The van der Waals surface area contributed by atoms with Gasteiger partial charge in [0, 0.05) is 20.0 Å². The maximum atomic E-state index is 11.6. The van der Waals surface area contributed by atoms with Crippen molar-refractivity contribution in [2.75, 3.05) is 33.4 Å². The Labute approximate surface area is 101 Å². The lowest BCUT2D eigenvalue weighted by atomic mass is 10.1. The molecule has 1 aliphatic heterocycles. The van der Waals surface area contributed by atoms with Crippen molar-refractivity contribution in [2.45, 2.75) is 25.3 Å². The number of amides is 1. The van der Waals surface area contributed by atoms with Gasteiger partial charge >= 0.3 is 5.97 Å². The first kappa shape index (κ1) is 13.9. The second-order valence-corrected chi connectivity index (χ2v) is 4.09. The van der Waals surface area contributed by atoms with Gasteiger partial charge in [-0.15, -0.1) is 0 Å². The molecule has 0 aliphatic carbocycles. The highest BCUT2D eigenvalue weighted by Crippen LogP contribution is 2.09. The Kier molecular flexibility index (Phi) is 5.93. The largest absolute Gasteiger partial charge is 0.481 e. The monoisotopic (exact) mass is 244 g/mol. The Morgan fingerprint density at radius 2 is 2.24 bits per heavy atom. The third kappa shape index (κ3) is 4.70. The van der Waals surface area contributed by atoms with Crippen molar-refractivity contribution < 1.29 is 19.4 Å². The molecule has 0 bridgehead atoms. The maximum absolute atomic E-state index is 11.6. The highest BCUT2D eigenvalue weighted by atomic mass is 16.5. The molecule has 0 aromatic heterocycles. The summed E-state index contributed by atoms with van der Waals surface area (Å²) < 4.78 is 5.28. The third-order valence-corrected chi connectivity index (χ3v) is 2.87. The van der Waals surface area contributed by atoms with Gasteiger partial charge in [-0.1, -0.05) is 0 Å². The van der Waals surface area contributed by atoms with Crippen LogP contribution in [0.2, 0.25) is 0 Å². The van der Waals surface area contributed by atoms with E-state index in [4.69, 9.17) is 9.84 Å². The Balaban J connectivity index is 2.32. The van der Waals surface area contributed by atoms with Crippen molar-refractivity contribution in [2.24, 2.45) is 0 Å². The summed E-state index contributed by atoms with van der Waals surface area (Å²) in [5, 5.41) is 11.1. The number of ether oxygens (including phenoxy) is 1. The molecule has 17 heavy (non-hydrogen) atoms. The van der Waals surface area contributed by atoms with Gasteiger partial charge in [0.2, 0.25) is 5.91 Å². The molecule has 1 rings (SSSR count). The molecular formula is C11H20N2O4. The van der Waals surface area contributed by atoms with Crippen molar-refractivity contribution in [1.82, 2.24) is 10.2 Å². The Morgan fingerprint density at radius 1 is 1.47 bits per heavy atom. The fourth-order valence-corrected chi connectivity index (χ4v) is 1.90. The predicted octanol–water partition coefficient (Wildman–Crippen LogP) is -0.312. The van der Waals surface area contributed by atoms with Gasteiger partial charge in [-0.2, -0.15) is 0 Å². The number of rotatable bonds is 6. The van der Waals surface area contributed by atoms with Crippen molar-refractivity contribution in [3.8, 4) is 0 Å². The standard InChI is InChI=1S/C11H20N2O4/c1-12-11(16)9-8-17-7-6-13(9)5-3-2-4-10(14)15/h9H,2-8H2,1H3,(H,12,16)(H,14,15). The lowest BCUT2D eigenvalue weighted by Crippen LogP contribution is -2.53. The second-order valence-electron chi connectivity index (χ2n) is 4.09. The molecule has 0 radical (unpaired) electrons. The van der Waals surface area contributed by atoms with Crippen molar-refractivity contribution in [3.63, 3.8) is 0 Å². The van der Waals surface area contributed by atoms with E-state index in [0.717, 1.165) is 19.5 Å². The number of nitrogens with one attached hydrogen (secondary N) is 1. The van der Waals surface area contributed by atoms with Crippen LogP contribution in [-0.4, -0.2) is 61.3 Å². The highest BCUT2D eigenvalue weighted by Gasteiger charge is 2.27. The summed E-state index contributed by atoms with van der Waals surface area (Å²) in [6.07, 6.45) is 1.63. The summed E-state index contributed by atoms with van der Waals surface area (Å²) in [4.78, 5) is 24.0. The first-order chi connectivity index (χ1) is 8.15. The van der Waals surface area contributed by atoms with Gasteiger partial charge in [-0.05, 0) is 19.4 Å². The van der Waals surface area contributed by atoms with E-state index in [-0.39, 0.29) is 18.4 Å². The van der Waals surface area contributed by atoms with Crippen molar-refractivity contribution in [1.29, 1.82) is 0 Å². The highest BCUT2D eigenvalue weighted by molar-refractivity contribution is 5.81. The summed E-state index contributed by atoms with van der Waals surface area (Å²) in [6, 6.07) is -0.237. The molecule has 1 saturated heterocycles. The van der Waals surface area contributed by atoms with Gasteiger partial charge in [-0.3, -0.25) is 14.5 Å². The predicted molar refractivity (Wildman–Crippen MR) is 61.7 cm³/mol. The van der Waals surface area contributed by atoms with E-state index in [1.807, 2.05) is 0 Å². The Morgan fingerprint density at radius 3 is 2.88 bits per heavy atom. The normalized spacial score (nSPS) is 21.1. The van der Waals surface area contributed by atoms with Gasteiger partial charge in [0.1, 0.15) is 6.04 Å². The molecule has 6 heteroatoms. The van der Waals surface area contributed by atoms with E-state index in [0.29, 0.717) is 19.6 Å². The summed E-state index contributed by atoms with van der Waals surface area (Å²) in [7, 11) is 1.61. The van der Waals surface area contributed by atoms with Crippen LogP contribution < -0.4 is 5.32 Å². The molecule has 0 aromatic carbocycles. The van der Waals surface area contributed by atoms with Gasteiger partial charge in [-0.25, -0.2) is 0 Å². The number of carboxylic acids is 1. The Hall–Kier alpha value is -1.14. The van der Waals surface area contributed by atoms with Crippen molar-refractivity contribution in [3.05, 3.63) is 0 Å². The maximum Gasteiger partial charge on any atom is 0.303 e. The zero-order valence-electron chi connectivity index (χ0n) is 10.1. The number of carboxylic acid groups (broad SMARTS) is 1. The minimum Gasteiger partial charge on any atom is -0.481 e. The van der Waals surface area contributed by atoms with Gasteiger partial charge < -0.3 is 15.2 Å². The lowest BCUT2D eigenvalue weighted by molar-refractivity contribution is -0.137. The zero-order valence-corrected chi connectivity index (χ0v) is 10.1. The molecule has 98 valence electrons. The number of likely N-dealkylation sites (N-methyl/N-ethyl adjacent to an activating group) is 1. The first-order valence-corrected chi connectivity index (χ1v) is 5.90. The number of hydrogen-bond donors (Lipinski definition) is 2. The summed E-state index contributed by atoms with van der Waals surface area (Å²) in [5.41, 5.74) is 0. The van der Waals surface area contributed by atoms with E-state index in [9.17, 15) is 9.59 Å². The van der Waals surface area contributed by atoms with Gasteiger partial charge in [0.15, 0.2) is 0 Å². The second kappa shape index (κ2) is 7.24. The quantitative estimate of drug-likeness (QED) is 0.626. The van der Waals surface area contributed by atoms with Gasteiger partial charge in [0.25, 0.3) is 0 Å². The molecule has 0 saturated carbocycles. The average molecular weight is 244 g/mol. The molecule has 0 spiro atoms. The number of unbranched alkanes of at least 4 members (excludes halogenated alkanes) is 1. The molecule has 1 heterocycles. The topological polar surface area (TPSA) is 78.9 Å². The Bertz CT molecular complexity index is 270. The number of aliphatic carboxylic acids is 1. The number of hydrogen-bond acceptors (Lipinski definition) is 4. The number of carbonyl (C=O) groups is 2. The summed E-state index contributed by atoms with van der Waals surface area (Å²) >= 11 is 0. The number of carbonyl (C=O) groups excluding carboxylic acids is 1. The van der Waals surface area contributed by atoms with Crippen molar-refractivity contribution >= 4 is 11.9 Å². The first-order valence-electron chi connectivity index (χ1n) is 5.90. The van der Waals surface area contributed by atoms with Crippen LogP contribution in [0.25, 0.3) is 0 Å². The molecule has 1 amide bonds. The molecule has 1 atom stereocenters. The zero-order chi connectivity index (χ0) is 12.7. The van der Waals surface area contributed by atoms with Crippen LogP contribution >= 0.6 is 0 Å². The fourth-order valence-electron chi connectivity index (χ4n) is 1.90. The summed E-state index contributed by atoms with van der Waals surface area (Å²) in [6.45, 7) is 2.52. The van der Waals surface area contributed by atoms with Crippen LogP contribution in [0.5, 0.6) is 0 Å². The minimum absolute atomic E-state index is 0.0389. The number of morpholine rings is 1. The minimum atomic E-state index is -0.769. The van der Waals surface area contributed by atoms with Crippen LogP contribution in [0.15, 0.2) is 0 Å².